The molecule has 0 spiro atoms. The van der Waals surface area contributed by atoms with Crippen LogP contribution in [0.5, 0.6) is 0 Å². The molecule has 0 radical (unpaired) electrons. The third kappa shape index (κ3) is 2.34. The van der Waals surface area contributed by atoms with Gasteiger partial charge in [0.25, 0.3) is 0 Å². The zero-order chi connectivity index (χ0) is 12.3. The summed E-state index contributed by atoms with van der Waals surface area (Å²) in [6, 6.07) is 3.40. The molecule has 0 amide bonds. The molecule has 2 rings (SSSR count). The van der Waals surface area contributed by atoms with E-state index in [1.54, 1.807) is 12.3 Å². The van der Waals surface area contributed by atoms with Gasteiger partial charge in [-0.2, -0.15) is 5.10 Å². The molecule has 1 aromatic carbocycles. The number of aromatic nitrogens is 2. The number of fused-ring (bicyclic) bond motifs is 1. The van der Waals surface area contributed by atoms with Gasteiger partial charge in [-0.25, -0.2) is 4.39 Å². The first-order valence-corrected chi connectivity index (χ1v) is 4.96. The Bertz CT molecular complexity index is 573. The Morgan fingerprint density at radius 2 is 2.35 bits per heavy atom. The molecular formula is C10H9F2N5. The van der Waals surface area contributed by atoms with Crippen molar-refractivity contribution in [2.24, 2.45) is 5.11 Å². The Morgan fingerprint density at radius 1 is 1.53 bits per heavy atom. The van der Waals surface area contributed by atoms with Crippen molar-refractivity contribution in [1.29, 1.82) is 0 Å². The summed E-state index contributed by atoms with van der Waals surface area (Å²) < 4.78 is 27.0. The minimum Gasteiger partial charge on any atom is -0.264 e. The lowest BCUT2D eigenvalue weighted by molar-refractivity contribution is 0.388. The summed E-state index contributed by atoms with van der Waals surface area (Å²) in [6.45, 7) is -0.686. The van der Waals surface area contributed by atoms with E-state index in [1.165, 1.54) is 16.8 Å². The van der Waals surface area contributed by atoms with Gasteiger partial charge in [-0.05, 0) is 23.7 Å². The fourth-order valence-corrected chi connectivity index (χ4v) is 1.58. The Morgan fingerprint density at radius 3 is 3.06 bits per heavy atom. The Balaban J connectivity index is 2.35. The van der Waals surface area contributed by atoms with Crippen LogP contribution in [-0.4, -0.2) is 22.5 Å². The Kier molecular flexibility index (Phi) is 3.20. The third-order valence-corrected chi connectivity index (χ3v) is 2.38. The van der Waals surface area contributed by atoms with Crippen molar-refractivity contribution >= 4 is 10.9 Å². The van der Waals surface area contributed by atoms with E-state index in [4.69, 9.17) is 5.53 Å². The highest BCUT2D eigenvalue weighted by Gasteiger charge is 2.10. The molecular weight excluding hydrogens is 228 g/mol. The molecule has 1 atom stereocenters. The molecule has 0 saturated carbocycles. The van der Waals surface area contributed by atoms with Crippen LogP contribution in [0, 0.1) is 5.82 Å². The number of alkyl halides is 1. The van der Waals surface area contributed by atoms with Gasteiger partial charge >= 0.3 is 0 Å². The van der Waals surface area contributed by atoms with Crippen LogP contribution in [0.1, 0.15) is 0 Å². The van der Waals surface area contributed by atoms with Gasteiger partial charge in [0.15, 0.2) is 0 Å². The maximum absolute atomic E-state index is 13.1. The topological polar surface area (TPSA) is 66.6 Å². The molecule has 0 bridgehead atoms. The summed E-state index contributed by atoms with van der Waals surface area (Å²) in [5, 5.41) is 8.06. The monoisotopic (exact) mass is 237 g/mol. The Labute approximate surface area is 95.3 Å². The molecule has 0 fully saturated rings. The van der Waals surface area contributed by atoms with E-state index >= 15 is 0 Å². The summed E-state index contributed by atoms with van der Waals surface area (Å²) >= 11 is 0. The van der Waals surface area contributed by atoms with Crippen molar-refractivity contribution in [3.8, 4) is 0 Å². The van der Waals surface area contributed by atoms with Crippen molar-refractivity contribution in [2.75, 3.05) is 6.67 Å². The van der Waals surface area contributed by atoms with Crippen molar-refractivity contribution in [2.45, 2.75) is 12.6 Å². The summed E-state index contributed by atoms with van der Waals surface area (Å²) in [5.74, 6) is -0.389. The lowest BCUT2D eigenvalue weighted by Crippen LogP contribution is -2.16. The maximum atomic E-state index is 13.1. The number of hydrogen-bond acceptors (Lipinski definition) is 2. The largest absolute Gasteiger partial charge is 0.264 e. The van der Waals surface area contributed by atoms with Crippen LogP contribution >= 0.6 is 0 Å². The van der Waals surface area contributed by atoms with Crippen LogP contribution in [0.15, 0.2) is 29.5 Å². The van der Waals surface area contributed by atoms with E-state index < -0.39 is 12.7 Å². The molecule has 5 nitrogen and oxygen atoms in total. The fraction of sp³-hybridized carbons (Fsp3) is 0.300. The number of azide groups is 1. The number of hydrogen-bond donors (Lipinski definition) is 0. The zero-order valence-corrected chi connectivity index (χ0v) is 8.79. The van der Waals surface area contributed by atoms with Gasteiger partial charge in [0.2, 0.25) is 0 Å². The molecule has 2 aromatic rings. The van der Waals surface area contributed by atoms with E-state index in [2.05, 4.69) is 15.1 Å². The second-order valence-corrected chi connectivity index (χ2v) is 3.54. The predicted octanol–water partition coefficient (Wildman–Crippen LogP) is 2.82. The second kappa shape index (κ2) is 4.80. The standard InChI is InChI=1S/C10H9F2N5/c11-4-9(15-16-13)6-17-10-3-8(12)2-1-7(10)5-14-17/h1-3,5,9H,4,6H2. The first-order chi connectivity index (χ1) is 8.24. The van der Waals surface area contributed by atoms with Gasteiger partial charge in [-0.15, -0.1) is 0 Å². The SMILES string of the molecule is [N-]=[N+]=NC(CF)Cn1ncc2ccc(F)cc21. The van der Waals surface area contributed by atoms with Gasteiger partial charge < -0.3 is 0 Å². The minimum absolute atomic E-state index is 0.0908. The van der Waals surface area contributed by atoms with Gasteiger partial charge in [0, 0.05) is 10.3 Å². The Hall–Kier alpha value is -2.14. The van der Waals surface area contributed by atoms with Crippen molar-refractivity contribution in [1.82, 2.24) is 9.78 Å². The molecule has 1 unspecified atom stereocenters. The summed E-state index contributed by atoms with van der Waals surface area (Å²) in [4.78, 5) is 2.55. The molecule has 0 aliphatic heterocycles. The first kappa shape index (κ1) is 11.3. The van der Waals surface area contributed by atoms with E-state index in [-0.39, 0.29) is 12.4 Å². The molecule has 17 heavy (non-hydrogen) atoms. The molecule has 88 valence electrons. The third-order valence-electron chi connectivity index (χ3n) is 2.38. The molecule has 0 aliphatic carbocycles. The first-order valence-electron chi connectivity index (χ1n) is 4.96. The number of rotatable bonds is 4. The number of halogens is 2. The van der Waals surface area contributed by atoms with Crippen LogP contribution in [0.3, 0.4) is 0 Å². The fourth-order valence-electron chi connectivity index (χ4n) is 1.58. The van der Waals surface area contributed by atoms with Crippen molar-refractivity contribution < 1.29 is 8.78 Å². The molecule has 1 heterocycles. The minimum atomic E-state index is -0.827. The maximum Gasteiger partial charge on any atom is 0.125 e. The molecule has 0 N–H and O–H groups in total. The van der Waals surface area contributed by atoms with Crippen LogP contribution in [0.4, 0.5) is 8.78 Å². The summed E-state index contributed by atoms with van der Waals surface area (Å²) in [7, 11) is 0. The smallest absolute Gasteiger partial charge is 0.125 e. The summed E-state index contributed by atoms with van der Waals surface area (Å²) in [6.07, 6.45) is 1.56. The molecule has 0 aliphatic rings. The van der Waals surface area contributed by atoms with Gasteiger partial charge in [0.05, 0.1) is 31.0 Å². The molecule has 1 aromatic heterocycles. The lowest BCUT2D eigenvalue weighted by Gasteiger charge is -2.07. The molecule has 7 heteroatoms. The average molecular weight is 237 g/mol. The van der Waals surface area contributed by atoms with Crippen LogP contribution in [0.25, 0.3) is 21.3 Å². The van der Waals surface area contributed by atoms with Crippen molar-refractivity contribution in [3.05, 3.63) is 40.7 Å². The number of nitrogens with zero attached hydrogens (tertiary/aromatic N) is 5. The highest BCUT2D eigenvalue weighted by atomic mass is 19.1. The normalized spacial score (nSPS) is 12.4. The van der Waals surface area contributed by atoms with E-state index in [9.17, 15) is 8.78 Å². The zero-order valence-electron chi connectivity index (χ0n) is 8.79. The quantitative estimate of drug-likeness (QED) is 0.458. The highest BCUT2D eigenvalue weighted by molar-refractivity contribution is 5.78. The van der Waals surface area contributed by atoms with Gasteiger partial charge in [-0.3, -0.25) is 9.07 Å². The van der Waals surface area contributed by atoms with Crippen molar-refractivity contribution in [3.63, 3.8) is 0 Å². The average Bonchev–Trinajstić information content (AvgIpc) is 2.71. The van der Waals surface area contributed by atoms with E-state index in [0.717, 1.165) is 5.39 Å². The lowest BCUT2D eigenvalue weighted by atomic mass is 10.2. The van der Waals surface area contributed by atoms with Crippen LogP contribution in [0.2, 0.25) is 0 Å². The second-order valence-electron chi connectivity index (χ2n) is 3.54. The van der Waals surface area contributed by atoms with Crippen LogP contribution in [-0.2, 0) is 6.54 Å². The van der Waals surface area contributed by atoms with E-state index in [0.29, 0.717) is 5.52 Å². The molecule has 0 saturated heterocycles. The van der Waals surface area contributed by atoms with E-state index in [1.807, 2.05) is 0 Å². The predicted molar refractivity (Wildman–Crippen MR) is 58.6 cm³/mol. The van der Waals surface area contributed by atoms with Gasteiger partial charge in [-0.1, -0.05) is 5.11 Å². The highest BCUT2D eigenvalue weighted by Crippen LogP contribution is 2.15. The van der Waals surface area contributed by atoms with Gasteiger partial charge in [0.1, 0.15) is 5.82 Å². The summed E-state index contributed by atoms with van der Waals surface area (Å²) in [5.41, 5.74) is 8.81. The number of benzene rings is 1. The van der Waals surface area contributed by atoms with Crippen LogP contribution < -0.4 is 0 Å².